The Balaban J connectivity index is 2.43. The van der Waals surface area contributed by atoms with Crippen LogP contribution in [0, 0.1) is 0 Å². The third-order valence-electron chi connectivity index (χ3n) is 2.77. The van der Waals surface area contributed by atoms with E-state index in [4.69, 9.17) is 9.47 Å². The van der Waals surface area contributed by atoms with E-state index in [0.29, 0.717) is 11.4 Å². The smallest absolute Gasteiger partial charge is 0.339 e. The Labute approximate surface area is 110 Å². The number of carbonyl (C=O) groups excluding carboxylic acids is 1. The molecule has 0 bridgehead atoms. The Kier molecular flexibility index (Phi) is 3.97. The highest BCUT2D eigenvalue weighted by Crippen LogP contribution is 2.26. The van der Waals surface area contributed by atoms with Crippen LogP contribution in [0.3, 0.4) is 0 Å². The topological polar surface area (TPSA) is 68.7 Å². The lowest BCUT2D eigenvalue weighted by Crippen LogP contribution is -2.15. The molecule has 0 saturated carbocycles. The molecule has 100 valence electrons. The SMILES string of the molecule is CCOC(=O)C(O)c1ccc2ccnc(OC)c2c1. The van der Waals surface area contributed by atoms with Crippen LogP contribution in [0.2, 0.25) is 0 Å². The summed E-state index contributed by atoms with van der Waals surface area (Å²) >= 11 is 0. The fraction of sp³-hybridized carbons (Fsp3) is 0.286. The van der Waals surface area contributed by atoms with Crippen LogP contribution in [0.4, 0.5) is 0 Å². The lowest BCUT2D eigenvalue weighted by molar-refractivity contribution is -0.153. The van der Waals surface area contributed by atoms with E-state index in [-0.39, 0.29) is 6.61 Å². The molecule has 1 N–H and O–H groups in total. The Morgan fingerprint density at radius 3 is 2.89 bits per heavy atom. The number of carbonyl (C=O) groups is 1. The maximum absolute atomic E-state index is 11.5. The first-order valence-corrected chi connectivity index (χ1v) is 5.94. The molecule has 0 amide bonds. The Bertz CT molecular complexity index is 597. The van der Waals surface area contributed by atoms with E-state index in [9.17, 15) is 9.90 Å². The molecular formula is C14H15NO4. The summed E-state index contributed by atoms with van der Waals surface area (Å²) in [6, 6.07) is 7.00. The van der Waals surface area contributed by atoms with Crippen molar-refractivity contribution in [2.45, 2.75) is 13.0 Å². The van der Waals surface area contributed by atoms with Gasteiger partial charge in [-0.3, -0.25) is 0 Å². The van der Waals surface area contributed by atoms with Gasteiger partial charge in [-0.05, 0) is 30.0 Å². The van der Waals surface area contributed by atoms with Gasteiger partial charge in [0.25, 0.3) is 0 Å². The molecule has 0 aliphatic heterocycles. The number of ether oxygens (including phenoxy) is 2. The Hall–Kier alpha value is -2.14. The minimum atomic E-state index is -1.30. The maximum atomic E-state index is 11.5. The summed E-state index contributed by atoms with van der Waals surface area (Å²) in [5.41, 5.74) is 0.456. The number of fused-ring (bicyclic) bond motifs is 1. The highest BCUT2D eigenvalue weighted by atomic mass is 16.5. The van der Waals surface area contributed by atoms with Crippen molar-refractivity contribution in [3.8, 4) is 5.88 Å². The van der Waals surface area contributed by atoms with Crippen LogP contribution in [-0.4, -0.2) is 29.8 Å². The summed E-state index contributed by atoms with van der Waals surface area (Å²) in [5.74, 6) is -0.208. The van der Waals surface area contributed by atoms with Gasteiger partial charge in [-0.2, -0.15) is 0 Å². The van der Waals surface area contributed by atoms with Crippen molar-refractivity contribution >= 4 is 16.7 Å². The molecule has 2 rings (SSSR count). The van der Waals surface area contributed by atoms with Crippen LogP contribution in [0.25, 0.3) is 10.8 Å². The van der Waals surface area contributed by atoms with Crippen LogP contribution < -0.4 is 4.74 Å². The Morgan fingerprint density at radius 1 is 1.42 bits per heavy atom. The quantitative estimate of drug-likeness (QED) is 0.850. The Morgan fingerprint density at radius 2 is 2.21 bits per heavy atom. The van der Waals surface area contributed by atoms with E-state index < -0.39 is 12.1 Å². The van der Waals surface area contributed by atoms with Gasteiger partial charge in [-0.25, -0.2) is 9.78 Å². The largest absolute Gasteiger partial charge is 0.481 e. The average Bonchev–Trinajstić information content (AvgIpc) is 2.45. The van der Waals surface area contributed by atoms with Crippen molar-refractivity contribution in [3.05, 3.63) is 36.0 Å². The number of aliphatic hydroxyl groups is 1. The van der Waals surface area contributed by atoms with Gasteiger partial charge in [-0.1, -0.05) is 12.1 Å². The van der Waals surface area contributed by atoms with Crippen molar-refractivity contribution in [3.63, 3.8) is 0 Å². The van der Waals surface area contributed by atoms with E-state index in [1.165, 1.54) is 7.11 Å². The number of benzene rings is 1. The van der Waals surface area contributed by atoms with E-state index in [2.05, 4.69) is 4.98 Å². The molecular weight excluding hydrogens is 246 g/mol. The van der Waals surface area contributed by atoms with Gasteiger partial charge in [0.1, 0.15) is 0 Å². The molecule has 0 fully saturated rings. The third kappa shape index (κ3) is 2.66. The maximum Gasteiger partial charge on any atom is 0.339 e. The molecule has 0 radical (unpaired) electrons. The second kappa shape index (κ2) is 5.67. The molecule has 5 nitrogen and oxygen atoms in total. The molecule has 1 atom stereocenters. The fourth-order valence-electron chi connectivity index (χ4n) is 1.85. The minimum Gasteiger partial charge on any atom is -0.481 e. The normalized spacial score (nSPS) is 12.2. The van der Waals surface area contributed by atoms with Gasteiger partial charge in [0.05, 0.1) is 13.7 Å². The number of aromatic nitrogens is 1. The number of pyridine rings is 1. The zero-order valence-electron chi connectivity index (χ0n) is 10.8. The second-order valence-corrected chi connectivity index (χ2v) is 3.96. The van der Waals surface area contributed by atoms with Crippen LogP contribution in [0.15, 0.2) is 30.5 Å². The molecule has 2 aromatic rings. The van der Waals surface area contributed by atoms with E-state index in [1.807, 2.05) is 6.07 Å². The van der Waals surface area contributed by atoms with Crippen LogP contribution in [0.1, 0.15) is 18.6 Å². The summed E-state index contributed by atoms with van der Waals surface area (Å²) < 4.78 is 9.95. The fourth-order valence-corrected chi connectivity index (χ4v) is 1.85. The van der Waals surface area contributed by atoms with E-state index >= 15 is 0 Å². The predicted molar refractivity (Wildman–Crippen MR) is 69.9 cm³/mol. The molecule has 5 heteroatoms. The van der Waals surface area contributed by atoms with Gasteiger partial charge < -0.3 is 14.6 Å². The highest BCUT2D eigenvalue weighted by molar-refractivity contribution is 5.88. The molecule has 19 heavy (non-hydrogen) atoms. The lowest BCUT2D eigenvalue weighted by atomic mass is 10.0. The monoisotopic (exact) mass is 261 g/mol. The molecule has 1 unspecified atom stereocenters. The number of esters is 1. The molecule has 1 aromatic carbocycles. The molecule has 0 saturated heterocycles. The van der Waals surface area contributed by atoms with Crippen molar-refractivity contribution in [2.75, 3.05) is 13.7 Å². The number of hydrogen-bond acceptors (Lipinski definition) is 5. The van der Waals surface area contributed by atoms with Crippen LogP contribution in [0.5, 0.6) is 5.88 Å². The number of methoxy groups -OCH3 is 1. The summed E-state index contributed by atoms with van der Waals surface area (Å²) in [6.07, 6.45) is 0.345. The minimum absolute atomic E-state index is 0.231. The summed E-state index contributed by atoms with van der Waals surface area (Å²) in [5, 5.41) is 11.6. The number of aliphatic hydroxyl groups excluding tert-OH is 1. The number of nitrogens with zero attached hydrogens (tertiary/aromatic N) is 1. The second-order valence-electron chi connectivity index (χ2n) is 3.96. The summed E-state index contributed by atoms with van der Waals surface area (Å²) in [6.45, 7) is 1.92. The first-order valence-electron chi connectivity index (χ1n) is 5.94. The van der Waals surface area contributed by atoms with Gasteiger partial charge >= 0.3 is 5.97 Å². The third-order valence-corrected chi connectivity index (χ3v) is 2.77. The van der Waals surface area contributed by atoms with Gasteiger partial charge in [0, 0.05) is 11.6 Å². The van der Waals surface area contributed by atoms with Crippen LogP contribution >= 0.6 is 0 Å². The van der Waals surface area contributed by atoms with Gasteiger partial charge in [-0.15, -0.1) is 0 Å². The number of rotatable bonds is 4. The standard InChI is InChI=1S/C14H15NO4/c1-3-19-14(17)12(16)10-5-4-9-6-7-15-13(18-2)11(9)8-10/h4-8,12,16H,3H2,1-2H3. The molecule has 1 heterocycles. The van der Waals surface area contributed by atoms with Crippen molar-refractivity contribution in [1.82, 2.24) is 4.98 Å². The zero-order valence-corrected chi connectivity index (χ0v) is 10.8. The molecule has 0 aliphatic carbocycles. The summed E-state index contributed by atoms with van der Waals surface area (Å²) in [7, 11) is 1.52. The highest BCUT2D eigenvalue weighted by Gasteiger charge is 2.19. The van der Waals surface area contributed by atoms with Crippen molar-refractivity contribution in [2.24, 2.45) is 0 Å². The van der Waals surface area contributed by atoms with Gasteiger partial charge in [0.15, 0.2) is 6.10 Å². The van der Waals surface area contributed by atoms with Crippen molar-refractivity contribution in [1.29, 1.82) is 0 Å². The van der Waals surface area contributed by atoms with E-state index in [1.54, 1.807) is 31.3 Å². The zero-order chi connectivity index (χ0) is 13.8. The first-order chi connectivity index (χ1) is 9.17. The molecule has 0 spiro atoms. The lowest BCUT2D eigenvalue weighted by Gasteiger charge is -2.11. The number of hydrogen-bond donors (Lipinski definition) is 1. The average molecular weight is 261 g/mol. The summed E-state index contributed by atoms with van der Waals surface area (Å²) in [4.78, 5) is 15.6. The van der Waals surface area contributed by atoms with Gasteiger partial charge in [0.2, 0.25) is 5.88 Å². The van der Waals surface area contributed by atoms with Crippen molar-refractivity contribution < 1.29 is 19.4 Å². The first kappa shape index (κ1) is 13.3. The van der Waals surface area contributed by atoms with Crippen LogP contribution in [-0.2, 0) is 9.53 Å². The predicted octanol–water partition coefficient (Wildman–Crippen LogP) is 1.84. The molecule has 1 aromatic heterocycles. The van der Waals surface area contributed by atoms with E-state index in [0.717, 1.165) is 10.8 Å². The molecule has 0 aliphatic rings.